The van der Waals surface area contributed by atoms with Crippen LogP contribution < -0.4 is 15.8 Å². The van der Waals surface area contributed by atoms with Crippen LogP contribution in [0, 0.1) is 0 Å². The molecular weight excluding hydrogens is 232 g/mol. The van der Waals surface area contributed by atoms with Crippen molar-refractivity contribution in [2.75, 3.05) is 19.5 Å². The van der Waals surface area contributed by atoms with Crippen LogP contribution in [0.15, 0.2) is 18.2 Å². The first-order valence-electron chi connectivity index (χ1n) is 5.98. The van der Waals surface area contributed by atoms with Gasteiger partial charge in [0.05, 0.1) is 24.8 Å². The summed E-state index contributed by atoms with van der Waals surface area (Å²) in [6, 6.07) is 5.06. The van der Waals surface area contributed by atoms with Crippen LogP contribution in [0.2, 0.25) is 0 Å². The van der Waals surface area contributed by atoms with E-state index in [0.29, 0.717) is 23.6 Å². The van der Waals surface area contributed by atoms with Gasteiger partial charge < -0.3 is 20.5 Å². The minimum Gasteiger partial charge on any atom is -0.496 e. The van der Waals surface area contributed by atoms with Gasteiger partial charge >= 0.3 is 0 Å². The zero-order valence-corrected chi connectivity index (χ0v) is 10.6. The molecule has 0 aliphatic carbocycles. The van der Waals surface area contributed by atoms with Gasteiger partial charge in [0.25, 0.3) is 5.91 Å². The van der Waals surface area contributed by atoms with Crippen molar-refractivity contribution in [1.82, 2.24) is 5.32 Å². The van der Waals surface area contributed by atoms with Crippen LogP contribution in [0.4, 0.5) is 5.69 Å². The van der Waals surface area contributed by atoms with Gasteiger partial charge in [-0.2, -0.15) is 0 Å². The smallest absolute Gasteiger partial charge is 0.255 e. The average molecular weight is 250 g/mol. The maximum Gasteiger partial charge on any atom is 0.255 e. The maximum absolute atomic E-state index is 12.2. The first kappa shape index (κ1) is 12.7. The van der Waals surface area contributed by atoms with Gasteiger partial charge in [0, 0.05) is 12.3 Å². The number of hydrogen-bond donors (Lipinski definition) is 2. The Kier molecular flexibility index (Phi) is 3.72. The molecule has 0 bridgehead atoms. The molecule has 0 spiro atoms. The third-order valence-corrected chi connectivity index (χ3v) is 3.16. The number of nitrogen functional groups attached to an aromatic ring is 1. The SMILES string of the molecule is COc1ccc(N)cc1C(=O)NC1CCOC1C. The third kappa shape index (κ3) is 2.56. The Morgan fingerprint density at radius 3 is 2.94 bits per heavy atom. The second-order valence-electron chi connectivity index (χ2n) is 4.40. The Morgan fingerprint density at radius 2 is 2.33 bits per heavy atom. The summed E-state index contributed by atoms with van der Waals surface area (Å²) in [6.07, 6.45) is 0.873. The molecule has 0 saturated carbocycles. The Labute approximate surface area is 106 Å². The van der Waals surface area contributed by atoms with Crippen molar-refractivity contribution in [2.45, 2.75) is 25.5 Å². The highest BCUT2D eigenvalue weighted by Gasteiger charge is 2.26. The molecule has 98 valence electrons. The summed E-state index contributed by atoms with van der Waals surface area (Å²) >= 11 is 0. The van der Waals surface area contributed by atoms with Gasteiger partial charge in [0.2, 0.25) is 0 Å². The van der Waals surface area contributed by atoms with Crippen LogP contribution in [-0.4, -0.2) is 31.8 Å². The molecule has 1 aliphatic rings. The topological polar surface area (TPSA) is 73.6 Å². The lowest BCUT2D eigenvalue weighted by Crippen LogP contribution is -2.39. The summed E-state index contributed by atoms with van der Waals surface area (Å²) in [6.45, 7) is 2.63. The van der Waals surface area contributed by atoms with Crippen LogP contribution in [-0.2, 0) is 4.74 Å². The number of carbonyl (C=O) groups excluding carboxylic acids is 1. The predicted molar refractivity (Wildman–Crippen MR) is 68.7 cm³/mol. The van der Waals surface area contributed by atoms with Gasteiger partial charge in [-0.3, -0.25) is 4.79 Å². The Balaban J connectivity index is 2.15. The summed E-state index contributed by atoms with van der Waals surface area (Å²) in [5.41, 5.74) is 6.69. The van der Waals surface area contributed by atoms with E-state index < -0.39 is 0 Å². The van der Waals surface area contributed by atoms with Gasteiger partial charge in [-0.1, -0.05) is 0 Å². The number of benzene rings is 1. The van der Waals surface area contributed by atoms with E-state index in [1.807, 2.05) is 6.92 Å². The zero-order chi connectivity index (χ0) is 13.1. The molecule has 3 N–H and O–H groups in total. The highest BCUT2D eigenvalue weighted by atomic mass is 16.5. The Morgan fingerprint density at radius 1 is 1.56 bits per heavy atom. The van der Waals surface area contributed by atoms with Crippen molar-refractivity contribution >= 4 is 11.6 Å². The predicted octanol–water partition coefficient (Wildman–Crippen LogP) is 1.18. The molecule has 5 nitrogen and oxygen atoms in total. The van der Waals surface area contributed by atoms with Crippen LogP contribution >= 0.6 is 0 Å². The van der Waals surface area contributed by atoms with Crippen molar-refractivity contribution in [1.29, 1.82) is 0 Å². The van der Waals surface area contributed by atoms with Crippen molar-refractivity contribution < 1.29 is 14.3 Å². The maximum atomic E-state index is 12.2. The van der Waals surface area contributed by atoms with Crippen molar-refractivity contribution in [3.63, 3.8) is 0 Å². The van der Waals surface area contributed by atoms with Gasteiger partial charge in [-0.15, -0.1) is 0 Å². The van der Waals surface area contributed by atoms with Crippen molar-refractivity contribution in [3.05, 3.63) is 23.8 Å². The number of hydrogen-bond acceptors (Lipinski definition) is 4. The fourth-order valence-corrected chi connectivity index (χ4v) is 2.07. The quantitative estimate of drug-likeness (QED) is 0.790. The van der Waals surface area contributed by atoms with Crippen LogP contribution in [0.5, 0.6) is 5.75 Å². The number of carbonyl (C=O) groups is 1. The summed E-state index contributed by atoms with van der Waals surface area (Å²) in [5.74, 6) is 0.342. The third-order valence-electron chi connectivity index (χ3n) is 3.16. The normalized spacial score (nSPS) is 22.8. The molecular formula is C13H18N2O3. The van der Waals surface area contributed by atoms with E-state index in [0.717, 1.165) is 6.42 Å². The molecule has 1 saturated heterocycles. The van der Waals surface area contributed by atoms with E-state index in [-0.39, 0.29) is 18.1 Å². The molecule has 1 heterocycles. The second-order valence-corrected chi connectivity index (χ2v) is 4.40. The van der Waals surface area contributed by atoms with E-state index >= 15 is 0 Å². The number of amides is 1. The number of nitrogens with one attached hydrogen (secondary N) is 1. The van der Waals surface area contributed by atoms with Gasteiger partial charge in [-0.25, -0.2) is 0 Å². The number of rotatable bonds is 3. The molecule has 2 unspecified atom stereocenters. The Bertz CT molecular complexity index is 448. The van der Waals surface area contributed by atoms with E-state index in [1.165, 1.54) is 7.11 Å². The molecule has 2 rings (SSSR count). The molecule has 1 aromatic carbocycles. The number of nitrogens with two attached hydrogens (primary N) is 1. The summed E-state index contributed by atoms with van der Waals surface area (Å²) in [4.78, 5) is 12.2. The minimum atomic E-state index is -0.179. The highest BCUT2D eigenvalue weighted by Crippen LogP contribution is 2.22. The Hall–Kier alpha value is -1.75. The van der Waals surface area contributed by atoms with E-state index in [9.17, 15) is 4.79 Å². The average Bonchev–Trinajstić information content (AvgIpc) is 2.75. The lowest BCUT2D eigenvalue weighted by Gasteiger charge is -2.17. The van der Waals surface area contributed by atoms with Crippen molar-refractivity contribution in [3.8, 4) is 5.75 Å². The summed E-state index contributed by atoms with van der Waals surface area (Å²) in [5, 5.41) is 2.95. The fourth-order valence-electron chi connectivity index (χ4n) is 2.07. The molecule has 5 heteroatoms. The molecule has 1 amide bonds. The van der Waals surface area contributed by atoms with Crippen molar-refractivity contribution in [2.24, 2.45) is 0 Å². The van der Waals surface area contributed by atoms with E-state index in [2.05, 4.69) is 5.32 Å². The van der Waals surface area contributed by atoms with E-state index in [4.69, 9.17) is 15.2 Å². The minimum absolute atomic E-state index is 0.0426. The number of methoxy groups -OCH3 is 1. The van der Waals surface area contributed by atoms with E-state index in [1.54, 1.807) is 18.2 Å². The molecule has 18 heavy (non-hydrogen) atoms. The molecule has 2 atom stereocenters. The van der Waals surface area contributed by atoms with Gasteiger partial charge in [0.1, 0.15) is 5.75 Å². The van der Waals surface area contributed by atoms with Crippen LogP contribution in [0.3, 0.4) is 0 Å². The lowest BCUT2D eigenvalue weighted by molar-refractivity contribution is 0.0863. The second kappa shape index (κ2) is 5.27. The largest absolute Gasteiger partial charge is 0.496 e. The standard InChI is InChI=1S/C13H18N2O3/c1-8-11(5-6-18-8)15-13(16)10-7-9(14)3-4-12(10)17-2/h3-4,7-8,11H,5-6,14H2,1-2H3,(H,15,16). The molecule has 0 radical (unpaired) electrons. The highest BCUT2D eigenvalue weighted by molar-refractivity contribution is 5.98. The van der Waals surface area contributed by atoms with Gasteiger partial charge in [0.15, 0.2) is 0 Å². The molecule has 0 aromatic heterocycles. The molecule has 1 fully saturated rings. The lowest BCUT2D eigenvalue weighted by atomic mass is 10.1. The molecule has 1 aromatic rings. The zero-order valence-electron chi connectivity index (χ0n) is 10.6. The molecule has 1 aliphatic heterocycles. The number of anilines is 1. The number of ether oxygens (including phenoxy) is 2. The first-order chi connectivity index (χ1) is 8.61. The summed E-state index contributed by atoms with van der Waals surface area (Å²) < 4.78 is 10.6. The first-order valence-corrected chi connectivity index (χ1v) is 5.98. The van der Waals surface area contributed by atoms with Crippen LogP contribution in [0.1, 0.15) is 23.7 Å². The monoisotopic (exact) mass is 250 g/mol. The van der Waals surface area contributed by atoms with Gasteiger partial charge in [-0.05, 0) is 31.5 Å². The fraction of sp³-hybridized carbons (Fsp3) is 0.462. The van der Waals surface area contributed by atoms with Crippen LogP contribution in [0.25, 0.3) is 0 Å². The summed E-state index contributed by atoms with van der Waals surface area (Å²) in [7, 11) is 1.53.